The van der Waals surface area contributed by atoms with Crippen LogP contribution in [-0.2, 0) is 18.4 Å². The van der Waals surface area contributed by atoms with Crippen LogP contribution in [0.2, 0.25) is 10.1 Å². The highest BCUT2D eigenvalue weighted by Gasteiger charge is 2.53. The average Bonchev–Trinajstić information content (AvgIpc) is 3.09. The number of halogens is 1. The van der Waals surface area contributed by atoms with Crippen LogP contribution in [0.15, 0.2) is 133 Å². The smallest absolute Gasteiger partial charge is 0.330 e. The summed E-state index contributed by atoms with van der Waals surface area (Å²) in [7, 11) is -4.31. The van der Waals surface area contributed by atoms with Crippen molar-refractivity contribution in [1.29, 1.82) is 0 Å². The van der Waals surface area contributed by atoms with Crippen LogP contribution in [0.1, 0.15) is 54.4 Å². The van der Waals surface area contributed by atoms with Crippen molar-refractivity contribution in [2.45, 2.75) is 76.7 Å². The Balaban J connectivity index is 1.86. The lowest BCUT2D eigenvalue weighted by molar-refractivity contribution is -0.134. The minimum absolute atomic E-state index is 0.105. The van der Waals surface area contributed by atoms with Crippen LogP contribution < -0.4 is 20.7 Å². The Labute approximate surface area is 304 Å². The topological polar surface area (TPSA) is 44.8 Å². The summed E-state index contributed by atoms with van der Waals surface area (Å²) in [4.78, 5) is 12.2. The number of benzene rings is 4. The van der Waals surface area contributed by atoms with Gasteiger partial charge in [-0.05, 0) is 43.7 Å². The van der Waals surface area contributed by atoms with Crippen LogP contribution in [0.25, 0.3) is 0 Å². The predicted octanol–water partition coefficient (Wildman–Crippen LogP) is 7.82. The molecule has 2 atom stereocenters. The van der Waals surface area contributed by atoms with E-state index in [1.54, 1.807) is 0 Å². The Kier molecular flexibility index (Phi) is 13.2. The summed E-state index contributed by atoms with van der Waals surface area (Å²) >= 11 is 2.48. The van der Waals surface area contributed by atoms with E-state index in [2.05, 4.69) is 185 Å². The maximum atomic E-state index is 12.2. The number of methoxy groups -OCH3 is 1. The Bertz CT molecular complexity index is 1510. The summed E-state index contributed by atoms with van der Waals surface area (Å²) in [5, 5.41) is 4.62. The maximum absolute atomic E-state index is 12.2. The van der Waals surface area contributed by atoms with E-state index in [0.717, 1.165) is 4.43 Å². The molecule has 0 aromatic heterocycles. The SMILES string of the molecule is COC(=O)/C=C/C[C@H](C[C@@H](CI)O[Si](c1ccccc1)(c1ccccc1)C(C)(C)C)O[Si](c1ccccc1)(c1ccccc1)C(C)(C)C. The van der Waals surface area contributed by atoms with Gasteiger partial charge in [-0.3, -0.25) is 0 Å². The molecule has 4 rings (SSSR count). The molecular formula is C41H51IO4Si2. The second-order valence-corrected chi connectivity index (χ2v) is 23.7. The van der Waals surface area contributed by atoms with E-state index in [9.17, 15) is 4.79 Å². The van der Waals surface area contributed by atoms with E-state index in [4.69, 9.17) is 13.6 Å². The van der Waals surface area contributed by atoms with Crippen molar-refractivity contribution in [3.63, 3.8) is 0 Å². The van der Waals surface area contributed by atoms with E-state index in [-0.39, 0.29) is 28.3 Å². The molecule has 0 aliphatic heterocycles. The molecule has 48 heavy (non-hydrogen) atoms. The molecule has 4 nitrogen and oxygen atoms in total. The predicted molar refractivity (Wildman–Crippen MR) is 214 cm³/mol. The molecule has 4 aromatic rings. The third-order valence-corrected chi connectivity index (χ3v) is 20.2. The first-order valence-electron chi connectivity index (χ1n) is 16.8. The van der Waals surface area contributed by atoms with Crippen LogP contribution in [0.5, 0.6) is 0 Å². The van der Waals surface area contributed by atoms with Gasteiger partial charge in [0.1, 0.15) is 0 Å². The van der Waals surface area contributed by atoms with Gasteiger partial charge in [0.15, 0.2) is 0 Å². The lowest BCUT2D eigenvalue weighted by atomic mass is 10.1. The number of ether oxygens (including phenoxy) is 1. The number of carbonyl (C=O) groups excluding carboxylic acids is 1. The number of hydrogen-bond donors (Lipinski definition) is 0. The average molecular weight is 791 g/mol. The molecule has 0 bridgehead atoms. The molecule has 7 heteroatoms. The van der Waals surface area contributed by atoms with Crippen molar-refractivity contribution >= 4 is 65.9 Å². The summed E-state index contributed by atoms with van der Waals surface area (Å²) < 4.78 is 21.1. The number of esters is 1. The second-order valence-electron chi connectivity index (χ2n) is 14.4. The quantitative estimate of drug-likeness (QED) is 0.0430. The maximum Gasteiger partial charge on any atom is 0.330 e. The fourth-order valence-electron chi connectivity index (χ4n) is 6.89. The van der Waals surface area contributed by atoms with Crippen LogP contribution in [0.3, 0.4) is 0 Å². The van der Waals surface area contributed by atoms with Crippen LogP contribution in [0.4, 0.5) is 0 Å². The standard InChI is InChI=1S/C41H51IO4Si2/c1-40(2,3)47(35-22-12-8-13-23-35,36-24-14-9-15-25-36)45-33(21-20-30-39(43)44-7)31-34(32-42)46-48(41(4,5)6,37-26-16-10-17-27-37)38-28-18-11-19-29-38/h8-20,22-30,33-34H,21,31-32H2,1-7H3/b30-20+/t33-,34+/m1/s1. The minimum Gasteiger partial charge on any atom is -0.466 e. The van der Waals surface area contributed by atoms with Crippen molar-refractivity contribution in [3.05, 3.63) is 133 Å². The Hall–Kier alpha value is -2.83. The molecule has 0 heterocycles. The van der Waals surface area contributed by atoms with E-state index in [1.165, 1.54) is 33.9 Å². The lowest BCUT2D eigenvalue weighted by Gasteiger charge is -2.47. The van der Waals surface area contributed by atoms with Crippen molar-refractivity contribution < 1.29 is 18.4 Å². The summed E-state index contributed by atoms with van der Waals surface area (Å²) in [5.74, 6) is -0.367. The third kappa shape index (κ3) is 8.48. The second kappa shape index (κ2) is 16.7. The Morgan fingerprint density at radius 2 is 0.958 bits per heavy atom. The number of hydrogen-bond acceptors (Lipinski definition) is 4. The normalized spacial score (nSPS) is 14.1. The van der Waals surface area contributed by atoms with Gasteiger partial charge in [-0.2, -0.15) is 0 Å². The van der Waals surface area contributed by atoms with Crippen LogP contribution in [0, 0.1) is 0 Å². The van der Waals surface area contributed by atoms with E-state index >= 15 is 0 Å². The molecule has 0 radical (unpaired) electrons. The zero-order valence-corrected chi connectivity index (χ0v) is 33.6. The van der Waals surface area contributed by atoms with E-state index < -0.39 is 16.6 Å². The zero-order valence-electron chi connectivity index (χ0n) is 29.5. The highest BCUT2D eigenvalue weighted by atomic mass is 127. The van der Waals surface area contributed by atoms with Crippen molar-refractivity contribution in [1.82, 2.24) is 0 Å². The third-order valence-electron chi connectivity index (χ3n) is 9.07. The van der Waals surface area contributed by atoms with E-state index in [0.29, 0.717) is 12.8 Å². The fraction of sp³-hybridized carbons (Fsp3) is 0.341. The molecule has 0 aliphatic carbocycles. The molecule has 254 valence electrons. The Morgan fingerprint density at radius 1 is 0.625 bits per heavy atom. The van der Waals surface area contributed by atoms with Gasteiger partial charge in [-0.25, -0.2) is 4.79 Å². The lowest BCUT2D eigenvalue weighted by Crippen LogP contribution is -2.69. The monoisotopic (exact) mass is 790 g/mol. The number of rotatable bonds is 14. The largest absolute Gasteiger partial charge is 0.466 e. The van der Waals surface area contributed by atoms with Gasteiger partial charge in [0.25, 0.3) is 16.6 Å². The molecule has 0 saturated carbocycles. The highest BCUT2D eigenvalue weighted by Crippen LogP contribution is 2.41. The first-order chi connectivity index (χ1) is 22.9. The molecule has 0 N–H and O–H groups in total. The molecule has 0 unspecified atom stereocenters. The van der Waals surface area contributed by atoms with Gasteiger partial charge < -0.3 is 13.6 Å². The molecule has 4 aromatic carbocycles. The van der Waals surface area contributed by atoms with Gasteiger partial charge in [-0.15, -0.1) is 0 Å². The van der Waals surface area contributed by atoms with Gasteiger partial charge in [0.05, 0.1) is 19.3 Å². The highest BCUT2D eigenvalue weighted by molar-refractivity contribution is 14.1. The summed E-state index contributed by atoms with van der Waals surface area (Å²) in [6.45, 7) is 13.9. The first kappa shape index (κ1) is 38.0. The number of carbonyl (C=O) groups is 1. The fourth-order valence-corrected chi connectivity index (χ4v) is 17.2. The van der Waals surface area contributed by atoms with Crippen molar-refractivity contribution in [3.8, 4) is 0 Å². The Morgan fingerprint density at radius 3 is 1.25 bits per heavy atom. The number of alkyl halides is 1. The first-order valence-corrected chi connectivity index (χ1v) is 22.1. The molecular weight excluding hydrogens is 740 g/mol. The molecule has 0 spiro atoms. The van der Waals surface area contributed by atoms with E-state index in [1.807, 2.05) is 6.08 Å². The van der Waals surface area contributed by atoms with Crippen LogP contribution >= 0.6 is 22.6 Å². The summed E-state index contributed by atoms with van der Waals surface area (Å²) in [5.41, 5.74) is 0. The molecule has 0 amide bonds. The molecule has 0 aliphatic rings. The zero-order chi connectivity index (χ0) is 34.8. The molecule has 0 fully saturated rings. The minimum atomic E-state index is -2.90. The van der Waals surface area contributed by atoms with Gasteiger partial charge in [-0.1, -0.05) is 192 Å². The summed E-state index contributed by atoms with van der Waals surface area (Å²) in [6, 6.07) is 43.1. The van der Waals surface area contributed by atoms with Crippen molar-refractivity contribution in [2.24, 2.45) is 0 Å². The summed E-state index contributed by atoms with van der Waals surface area (Å²) in [6.07, 6.45) is 4.31. The van der Waals surface area contributed by atoms with Gasteiger partial charge in [0, 0.05) is 10.5 Å². The van der Waals surface area contributed by atoms with Crippen LogP contribution in [-0.4, -0.2) is 46.3 Å². The van der Waals surface area contributed by atoms with Crippen molar-refractivity contribution in [2.75, 3.05) is 11.5 Å². The van der Waals surface area contributed by atoms with Gasteiger partial charge in [0.2, 0.25) is 0 Å². The van der Waals surface area contributed by atoms with Gasteiger partial charge >= 0.3 is 5.97 Å². The molecule has 0 saturated heterocycles.